The zero-order valence-electron chi connectivity index (χ0n) is 55.2. The van der Waals surface area contributed by atoms with Gasteiger partial charge in [-0.3, -0.25) is 14.4 Å². The first-order valence-corrected chi connectivity index (χ1v) is 36.1. The van der Waals surface area contributed by atoms with E-state index in [9.17, 15) is 14.4 Å². The van der Waals surface area contributed by atoms with Gasteiger partial charge in [-0.1, -0.05) is 311 Å². The number of allylic oxidation sites excluding steroid dienone is 14. The van der Waals surface area contributed by atoms with Crippen molar-refractivity contribution in [1.29, 1.82) is 0 Å². The highest BCUT2D eigenvalue weighted by Gasteiger charge is 2.19. The Hall–Kier alpha value is -3.41. The average molecular weight is 1160 g/mol. The van der Waals surface area contributed by atoms with E-state index >= 15 is 0 Å². The Morgan fingerprint density at radius 2 is 0.434 bits per heavy atom. The molecule has 0 radical (unpaired) electrons. The summed E-state index contributed by atoms with van der Waals surface area (Å²) in [5, 5.41) is 0. The molecule has 6 nitrogen and oxygen atoms in total. The van der Waals surface area contributed by atoms with Crippen LogP contribution in [0.25, 0.3) is 0 Å². The highest BCUT2D eigenvalue weighted by molar-refractivity contribution is 5.71. The maximum Gasteiger partial charge on any atom is 0.306 e. The molecule has 0 aromatic rings. The zero-order valence-corrected chi connectivity index (χ0v) is 55.2. The molecule has 6 heteroatoms. The summed E-state index contributed by atoms with van der Waals surface area (Å²) < 4.78 is 17.0. The van der Waals surface area contributed by atoms with Crippen molar-refractivity contribution in [1.82, 2.24) is 0 Å². The largest absolute Gasteiger partial charge is 0.462 e. The van der Waals surface area contributed by atoms with Crippen molar-refractivity contribution in [2.24, 2.45) is 0 Å². The Kier molecular flexibility index (Phi) is 68.2. The van der Waals surface area contributed by atoms with Crippen molar-refractivity contribution in [3.8, 4) is 0 Å². The van der Waals surface area contributed by atoms with Gasteiger partial charge in [0.15, 0.2) is 6.10 Å². The summed E-state index contributed by atoms with van der Waals surface area (Å²) in [7, 11) is 0. The normalized spacial score (nSPS) is 12.6. The third kappa shape index (κ3) is 69.3. The molecule has 0 spiro atoms. The number of esters is 3. The number of ether oxygens (including phenoxy) is 3. The number of hydrogen-bond acceptors (Lipinski definition) is 6. The molecule has 83 heavy (non-hydrogen) atoms. The van der Waals surface area contributed by atoms with Gasteiger partial charge >= 0.3 is 17.9 Å². The molecule has 0 amide bonds. The summed E-state index contributed by atoms with van der Waals surface area (Å²) >= 11 is 0. The summed E-state index contributed by atoms with van der Waals surface area (Å²) in [4.78, 5) is 38.4. The van der Waals surface area contributed by atoms with Gasteiger partial charge in [0.2, 0.25) is 0 Å². The number of carbonyl (C=O) groups is 3. The monoisotopic (exact) mass is 1160 g/mol. The lowest BCUT2D eigenvalue weighted by Gasteiger charge is -2.18. The Morgan fingerprint density at radius 3 is 0.711 bits per heavy atom. The van der Waals surface area contributed by atoms with Gasteiger partial charge in [-0.25, -0.2) is 0 Å². The van der Waals surface area contributed by atoms with Crippen molar-refractivity contribution in [2.45, 2.75) is 374 Å². The zero-order chi connectivity index (χ0) is 59.9. The fourth-order valence-corrected chi connectivity index (χ4v) is 10.4. The number of carbonyl (C=O) groups excluding carboxylic acids is 3. The Balaban J connectivity index is 4.26. The minimum absolute atomic E-state index is 0.0820. The maximum atomic E-state index is 12.9. The first-order chi connectivity index (χ1) is 41.0. The van der Waals surface area contributed by atoms with Crippen molar-refractivity contribution < 1.29 is 28.6 Å². The third-order valence-electron chi connectivity index (χ3n) is 15.8. The van der Waals surface area contributed by atoms with Crippen LogP contribution in [-0.2, 0) is 28.6 Å². The van der Waals surface area contributed by atoms with E-state index in [2.05, 4.69) is 106 Å². The lowest BCUT2D eigenvalue weighted by molar-refractivity contribution is -0.167. The fraction of sp³-hybridized carbons (Fsp3) is 0.779. The minimum atomic E-state index is -0.788. The second kappa shape index (κ2) is 71.1. The molecule has 0 N–H and O–H groups in total. The van der Waals surface area contributed by atoms with Crippen LogP contribution in [0.2, 0.25) is 0 Å². The van der Waals surface area contributed by atoms with Crippen LogP contribution in [0.15, 0.2) is 85.1 Å². The van der Waals surface area contributed by atoms with Crippen molar-refractivity contribution in [2.75, 3.05) is 13.2 Å². The van der Waals surface area contributed by atoms with E-state index < -0.39 is 6.10 Å². The molecule has 1 atom stereocenters. The molecule has 1 unspecified atom stereocenters. The van der Waals surface area contributed by atoms with Gasteiger partial charge < -0.3 is 14.2 Å². The molecule has 0 heterocycles. The van der Waals surface area contributed by atoms with Crippen LogP contribution >= 0.6 is 0 Å². The maximum absolute atomic E-state index is 12.9. The summed E-state index contributed by atoms with van der Waals surface area (Å²) in [5.74, 6) is -0.885. The molecule has 0 rings (SSSR count). The van der Waals surface area contributed by atoms with Crippen molar-refractivity contribution in [3.63, 3.8) is 0 Å². The third-order valence-corrected chi connectivity index (χ3v) is 15.8. The molecule has 0 saturated carbocycles. The van der Waals surface area contributed by atoms with E-state index in [0.29, 0.717) is 19.3 Å². The van der Waals surface area contributed by atoms with E-state index in [1.54, 1.807) is 0 Å². The van der Waals surface area contributed by atoms with E-state index in [-0.39, 0.29) is 31.1 Å². The molecule has 0 aliphatic heterocycles. The lowest BCUT2D eigenvalue weighted by Crippen LogP contribution is -2.30. The highest BCUT2D eigenvalue weighted by Crippen LogP contribution is 2.17. The standard InChI is InChI=1S/C77H136O6/c1-4-7-10-13-16-19-22-25-28-30-32-33-34-35-36-37-38-39-40-41-42-43-45-46-49-52-55-58-61-64-67-70-76(79)82-73-74(72-81-75(78)69-66-63-60-57-54-51-48-27-24-21-18-15-12-9-6-3)83-77(80)71-68-65-62-59-56-53-50-47-44-31-29-26-23-20-17-14-11-8-5-2/h17,20,22,25-27,29-30,32,34-35,44,47-48,74H,4-16,18-19,21,23-24,28,31,33,36-43,45-46,49-73H2,1-3H3/b20-17-,25-22-,29-26-,32-30-,35-34-,47-44-,48-27-. The van der Waals surface area contributed by atoms with Gasteiger partial charge in [-0.2, -0.15) is 0 Å². The quantitative estimate of drug-likeness (QED) is 0.0261. The van der Waals surface area contributed by atoms with Crippen molar-refractivity contribution in [3.05, 3.63) is 85.1 Å². The fourth-order valence-electron chi connectivity index (χ4n) is 10.4. The van der Waals surface area contributed by atoms with Gasteiger partial charge in [0, 0.05) is 19.3 Å². The van der Waals surface area contributed by atoms with Crippen LogP contribution in [-0.4, -0.2) is 37.2 Å². The van der Waals surface area contributed by atoms with Gasteiger partial charge in [-0.15, -0.1) is 0 Å². The minimum Gasteiger partial charge on any atom is -0.462 e. The van der Waals surface area contributed by atoms with E-state index in [4.69, 9.17) is 14.2 Å². The smallest absolute Gasteiger partial charge is 0.306 e. The van der Waals surface area contributed by atoms with Gasteiger partial charge in [0.25, 0.3) is 0 Å². The van der Waals surface area contributed by atoms with Crippen molar-refractivity contribution >= 4 is 17.9 Å². The molecule has 0 saturated heterocycles. The number of rotatable bonds is 66. The molecule has 480 valence electrons. The number of hydrogen-bond donors (Lipinski definition) is 0. The molecule has 0 fully saturated rings. The molecular formula is C77H136O6. The Bertz CT molecular complexity index is 1570. The van der Waals surface area contributed by atoms with Crippen LogP contribution < -0.4 is 0 Å². The highest BCUT2D eigenvalue weighted by atomic mass is 16.6. The van der Waals surface area contributed by atoms with Gasteiger partial charge in [0.1, 0.15) is 13.2 Å². The van der Waals surface area contributed by atoms with E-state index in [1.807, 2.05) is 0 Å². The molecule has 0 aromatic heterocycles. The topological polar surface area (TPSA) is 78.9 Å². The van der Waals surface area contributed by atoms with Gasteiger partial charge in [-0.05, 0) is 122 Å². The first-order valence-electron chi connectivity index (χ1n) is 36.1. The van der Waals surface area contributed by atoms with Gasteiger partial charge in [0.05, 0.1) is 0 Å². The second-order valence-corrected chi connectivity index (χ2v) is 24.1. The molecule has 0 aromatic carbocycles. The van der Waals surface area contributed by atoms with Crippen LogP contribution in [0.3, 0.4) is 0 Å². The SMILES string of the molecule is CCCCC/C=C\C/C=C\C/C=C\CCCCCCCCC(=O)OC(COC(=O)CCCCCCC/C=C\CCCCCCCC)COC(=O)CCCCCCCCCCCCCCCCCC/C=C\C/C=C\C/C=C\CCCCCCC. The second-order valence-electron chi connectivity index (χ2n) is 24.1. The molecule has 0 aliphatic rings. The molecule has 0 aliphatic carbocycles. The molecule has 0 bridgehead atoms. The lowest BCUT2D eigenvalue weighted by atomic mass is 10.0. The van der Waals surface area contributed by atoms with Crippen LogP contribution in [0, 0.1) is 0 Å². The average Bonchev–Trinajstić information content (AvgIpc) is 3.49. The first kappa shape index (κ1) is 79.6. The van der Waals surface area contributed by atoms with E-state index in [0.717, 1.165) is 103 Å². The number of unbranched alkanes of at least 4 members (excludes halogenated alkanes) is 41. The summed E-state index contributed by atoms with van der Waals surface area (Å²) in [6, 6.07) is 0. The van der Waals surface area contributed by atoms with Crippen LogP contribution in [0.1, 0.15) is 367 Å². The summed E-state index contributed by atoms with van der Waals surface area (Å²) in [6.07, 6.45) is 94.7. The molecular weight excluding hydrogens is 1020 g/mol. The van der Waals surface area contributed by atoms with E-state index in [1.165, 1.54) is 225 Å². The predicted octanol–water partition coefficient (Wildman–Crippen LogP) is 25.0. The Labute approximate surface area is 515 Å². The van der Waals surface area contributed by atoms with Crippen LogP contribution in [0.5, 0.6) is 0 Å². The summed E-state index contributed by atoms with van der Waals surface area (Å²) in [5.41, 5.74) is 0. The Morgan fingerprint density at radius 1 is 0.241 bits per heavy atom. The predicted molar refractivity (Wildman–Crippen MR) is 362 cm³/mol. The van der Waals surface area contributed by atoms with Crippen LogP contribution in [0.4, 0.5) is 0 Å². The summed E-state index contributed by atoms with van der Waals surface area (Å²) in [6.45, 7) is 6.62.